The van der Waals surface area contributed by atoms with Crippen LogP contribution in [0.5, 0.6) is 0 Å². The number of hydrogen-bond acceptors (Lipinski definition) is 11. The summed E-state index contributed by atoms with van der Waals surface area (Å²) in [6.45, 7) is -0.265. The molecule has 6 rings (SSSR count). The van der Waals surface area contributed by atoms with Crippen molar-refractivity contribution in [2.45, 2.75) is 62.4 Å². The highest BCUT2D eigenvalue weighted by atomic mass is 16.7. The van der Waals surface area contributed by atoms with E-state index >= 15 is 0 Å². The maximum atomic E-state index is 12.8. The van der Waals surface area contributed by atoms with Crippen molar-refractivity contribution in [1.29, 1.82) is 5.26 Å². The molecule has 4 aliphatic rings. The van der Waals surface area contributed by atoms with E-state index in [1.807, 2.05) is 0 Å². The van der Waals surface area contributed by atoms with E-state index in [0.717, 1.165) is 12.8 Å². The van der Waals surface area contributed by atoms with Crippen molar-refractivity contribution in [2.24, 2.45) is 17.8 Å². The van der Waals surface area contributed by atoms with Gasteiger partial charge in [0, 0.05) is 0 Å². The monoisotopic (exact) mass is 495 g/mol. The molecule has 3 aliphatic carbocycles. The average molecular weight is 495 g/mol. The highest BCUT2D eigenvalue weighted by molar-refractivity contribution is 5.77. The maximum Gasteiger partial charge on any atom is 0.309 e. The highest BCUT2D eigenvalue weighted by Gasteiger charge is 2.63. The molecule has 4 atom stereocenters. The summed E-state index contributed by atoms with van der Waals surface area (Å²) in [7, 11) is 0. The first kappa shape index (κ1) is 22.7. The van der Waals surface area contributed by atoms with Crippen molar-refractivity contribution < 1.29 is 33.3 Å². The second-order valence-electron chi connectivity index (χ2n) is 9.88. The number of carbonyl (C=O) groups is 3. The molecule has 0 aromatic carbocycles. The van der Waals surface area contributed by atoms with Crippen LogP contribution < -0.4 is 5.73 Å². The molecule has 2 aromatic rings. The Balaban J connectivity index is 1.40. The number of fused-ring (bicyclic) bond motifs is 1. The van der Waals surface area contributed by atoms with Crippen molar-refractivity contribution in [2.75, 3.05) is 12.3 Å². The number of nitrogens with two attached hydrogens (primary N) is 1. The fourth-order valence-electron chi connectivity index (χ4n) is 4.49. The number of hydrogen-bond donors (Lipinski definition) is 1. The lowest BCUT2D eigenvalue weighted by molar-refractivity contribution is -0.171. The number of nitrogens with zero attached hydrogens (tertiary/aromatic N) is 4. The van der Waals surface area contributed by atoms with Gasteiger partial charge in [-0.3, -0.25) is 14.4 Å². The minimum absolute atomic E-state index is 0.155. The van der Waals surface area contributed by atoms with Gasteiger partial charge in [-0.1, -0.05) is 0 Å². The molecule has 2 N–H and O–H groups in total. The van der Waals surface area contributed by atoms with E-state index in [9.17, 15) is 19.6 Å². The molecule has 0 spiro atoms. The molecule has 1 saturated heterocycles. The minimum Gasteiger partial charge on any atom is -0.463 e. The van der Waals surface area contributed by atoms with Gasteiger partial charge in [0.1, 0.15) is 30.6 Å². The number of rotatable bonds is 8. The van der Waals surface area contributed by atoms with Crippen LogP contribution in [0.15, 0.2) is 18.5 Å². The quantitative estimate of drug-likeness (QED) is 0.410. The summed E-state index contributed by atoms with van der Waals surface area (Å²) in [6.07, 6.45) is 1.96. The molecule has 12 heteroatoms. The van der Waals surface area contributed by atoms with Gasteiger partial charge in [0.25, 0.3) is 0 Å². The van der Waals surface area contributed by atoms with Gasteiger partial charge in [0.2, 0.25) is 5.60 Å². The van der Waals surface area contributed by atoms with Crippen LogP contribution in [0.3, 0.4) is 0 Å². The van der Waals surface area contributed by atoms with Crippen LogP contribution in [0.2, 0.25) is 0 Å². The lowest BCUT2D eigenvalue weighted by Crippen LogP contribution is -2.46. The van der Waals surface area contributed by atoms with Gasteiger partial charge in [-0.25, -0.2) is 9.50 Å². The van der Waals surface area contributed by atoms with Crippen molar-refractivity contribution in [1.82, 2.24) is 14.6 Å². The van der Waals surface area contributed by atoms with E-state index in [0.29, 0.717) is 31.2 Å². The van der Waals surface area contributed by atoms with Crippen LogP contribution in [0, 0.1) is 29.1 Å². The van der Waals surface area contributed by atoms with Crippen LogP contribution in [0.25, 0.3) is 5.52 Å². The predicted molar refractivity (Wildman–Crippen MR) is 118 cm³/mol. The zero-order chi connectivity index (χ0) is 25.0. The fraction of sp³-hybridized carbons (Fsp3) is 0.583. The Hall–Kier alpha value is -3.72. The Morgan fingerprint density at radius 2 is 1.69 bits per heavy atom. The molecular weight excluding hydrogens is 470 g/mol. The molecule has 0 bridgehead atoms. The zero-order valence-corrected chi connectivity index (χ0v) is 19.4. The van der Waals surface area contributed by atoms with Crippen molar-refractivity contribution in [3.05, 3.63) is 24.2 Å². The zero-order valence-electron chi connectivity index (χ0n) is 19.4. The number of esters is 3. The number of nitriles is 1. The fourth-order valence-corrected chi connectivity index (χ4v) is 4.49. The van der Waals surface area contributed by atoms with E-state index in [4.69, 9.17) is 24.7 Å². The summed E-state index contributed by atoms with van der Waals surface area (Å²) in [5, 5.41) is 14.7. The van der Waals surface area contributed by atoms with Crippen molar-refractivity contribution in [3.63, 3.8) is 0 Å². The standard InChI is InChI=1S/C24H25N5O7/c25-10-24(17-8-7-15-20(26)27-11-28-29(15)17)19(35-23(32)14-5-6-14)18(34-22(31)13-3-4-13)16(36-24)9-33-21(30)12-1-2-12/h7-8,11-14,16,18-19H,1-6,9H2,(H2,26,27,28)/t16-,18-,19-,24+/m1/s1. The van der Waals surface area contributed by atoms with Crippen molar-refractivity contribution >= 4 is 29.2 Å². The molecule has 36 heavy (non-hydrogen) atoms. The first-order valence-electron chi connectivity index (χ1n) is 12.2. The second-order valence-corrected chi connectivity index (χ2v) is 9.88. The summed E-state index contributed by atoms with van der Waals surface area (Å²) in [5.41, 5.74) is 4.72. The van der Waals surface area contributed by atoms with Crippen LogP contribution >= 0.6 is 0 Å². The summed E-state index contributed by atoms with van der Waals surface area (Å²) in [4.78, 5) is 41.8. The van der Waals surface area contributed by atoms with Gasteiger partial charge in [0.05, 0.1) is 23.4 Å². The Morgan fingerprint density at radius 1 is 1.06 bits per heavy atom. The summed E-state index contributed by atoms with van der Waals surface area (Å²) < 4.78 is 24.8. The lowest BCUT2D eigenvalue weighted by Gasteiger charge is -2.28. The third kappa shape index (κ3) is 3.93. The Kier molecular flexibility index (Phi) is 5.33. The summed E-state index contributed by atoms with van der Waals surface area (Å²) >= 11 is 0. The first-order chi connectivity index (χ1) is 17.4. The van der Waals surface area contributed by atoms with Crippen LogP contribution in [0.4, 0.5) is 5.82 Å². The SMILES string of the molecule is N#C[C@@]1(c2ccc3c(N)ncnn23)O[C@H](COC(=O)C2CC2)[C@@H](OC(=O)C2CC2)[C@H]1OC(=O)C1CC1. The average Bonchev–Trinajstić information content (AvgIpc) is 3.74. The lowest BCUT2D eigenvalue weighted by atomic mass is 9.92. The third-order valence-electron chi connectivity index (χ3n) is 7.05. The smallest absolute Gasteiger partial charge is 0.309 e. The molecule has 0 radical (unpaired) electrons. The van der Waals surface area contributed by atoms with E-state index in [-0.39, 0.29) is 41.8 Å². The van der Waals surface area contributed by atoms with Gasteiger partial charge in [-0.2, -0.15) is 10.4 Å². The maximum absolute atomic E-state index is 12.8. The third-order valence-corrected chi connectivity index (χ3v) is 7.05. The van der Waals surface area contributed by atoms with Gasteiger partial charge in [-0.15, -0.1) is 0 Å². The Bertz CT molecular complexity index is 1280. The first-order valence-corrected chi connectivity index (χ1v) is 12.2. The molecule has 0 amide bonds. The number of aromatic nitrogens is 3. The minimum atomic E-state index is -1.91. The second kappa shape index (κ2) is 8.44. The van der Waals surface area contributed by atoms with Gasteiger partial charge >= 0.3 is 17.9 Å². The van der Waals surface area contributed by atoms with Gasteiger partial charge < -0.3 is 24.7 Å². The number of anilines is 1. The molecule has 4 fully saturated rings. The van der Waals surface area contributed by atoms with Crippen LogP contribution in [0.1, 0.15) is 44.2 Å². The normalized spacial score (nSPS) is 29.5. The molecule has 0 unspecified atom stereocenters. The summed E-state index contributed by atoms with van der Waals surface area (Å²) in [5.74, 6) is -1.84. The number of nitrogen functional groups attached to an aromatic ring is 1. The van der Waals surface area contributed by atoms with Gasteiger partial charge in [-0.05, 0) is 50.7 Å². The molecule has 12 nitrogen and oxygen atoms in total. The summed E-state index contributed by atoms with van der Waals surface area (Å²) in [6, 6.07) is 5.36. The number of carbonyl (C=O) groups excluding carboxylic acids is 3. The van der Waals surface area contributed by atoms with E-state index in [1.165, 1.54) is 10.8 Å². The molecule has 3 heterocycles. The van der Waals surface area contributed by atoms with Crippen LogP contribution in [-0.2, 0) is 38.9 Å². The molecule has 3 saturated carbocycles. The molecular formula is C24H25N5O7. The topological polar surface area (TPSA) is 168 Å². The van der Waals surface area contributed by atoms with Crippen LogP contribution in [-0.4, -0.2) is 57.4 Å². The Morgan fingerprint density at radius 3 is 2.33 bits per heavy atom. The van der Waals surface area contributed by atoms with Crippen molar-refractivity contribution in [3.8, 4) is 6.07 Å². The largest absolute Gasteiger partial charge is 0.463 e. The molecule has 188 valence electrons. The predicted octanol–water partition coefficient (Wildman–Crippen LogP) is 1.03. The molecule has 2 aromatic heterocycles. The molecule has 1 aliphatic heterocycles. The number of ether oxygens (including phenoxy) is 4. The van der Waals surface area contributed by atoms with E-state index in [2.05, 4.69) is 16.2 Å². The Labute approximate surface area is 205 Å². The van der Waals surface area contributed by atoms with Gasteiger partial charge in [0.15, 0.2) is 18.0 Å². The highest BCUT2D eigenvalue weighted by Crippen LogP contribution is 2.46. The van der Waals surface area contributed by atoms with E-state index < -0.39 is 35.9 Å². The van der Waals surface area contributed by atoms with E-state index in [1.54, 1.807) is 12.1 Å².